The van der Waals surface area contributed by atoms with E-state index in [2.05, 4.69) is 15.2 Å². The maximum absolute atomic E-state index is 6.39. The van der Waals surface area contributed by atoms with Gasteiger partial charge in [0.2, 0.25) is 5.95 Å². The van der Waals surface area contributed by atoms with Gasteiger partial charge in [0.1, 0.15) is 5.82 Å². The third-order valence-corrected chi connectivity index (χ3v) is 3.97. The van der Waals surface area contributed by atoms with Crippen molar-refractivity contribution in [2.45, 2.75) is 6.42 Å². The van der Waals surface area contributed by atoms with Crippen LogP contribution < -0.4 is 5.73 Å². The zero-order valence-electron chi connectivity index (χ0n) is 11.3. The summed E-state index contributed by atoms with van der Waals surface area (Å²) in [5.74, 6) is 0.864. The van der Waals surface area contributed by atoms with E-state index in [1.807, 2.05) is 30.3 Å². The Morgan fingerprint density at radius 2 is 1.77 bits per heavy atom. The fourth-order valence-corrected chi connectivity index (χ4v) is 3.17. The Hall–Kier alpha value is -1.75. The summed E-state index contributed by atoms with van der Waals surface area (Å²) in [6, 6.07) is 11.1. The van der Waals surface area contributed by atoms with Crippen molar-refractivity contribution in [3.63, 3.8) is 0 Å². The molecule has 0 aliphatic carbocycles. The summed E-state index contributed by atoms with van der Waals surface area (Å²) in [6.07, 6.45) is 0.513. The SMILES string of the molecule is Nc1n[nH]c(Cc2cc(Cl)c(-c3cccc(Cl)c3)c(Cl)c2)n1. The highest BCUT2D eigenvalue weighted by molar-refractivity contribution is 6.39. The van der Waals surface area contributed by atoms with Crippen LogP contribution in [-0.4, -0.2) is 15.2 Å². The maximum atomic E-state index is 6.39. The lowest BCUT2D eigenvalue weighted by Crippen LogP contribution is -1.93. The molecule has 0 bridgehead atoms. The zero-order valence-corrected chi connectivity index (χ0v) is 13.5. The largest absolute Gasteiger partial charge is 0.367 e. The lowest BCUT2D eigenvalue weighted by molar-refractivity contribution is 0.973. The molecule has 0 unspecified atom stereocenters. The van der Waals surface area contributed by atoms with E-state index in [0.717, 1.165) is 16.7 Å². The van der Waals surface area contributed by atoms with E-state index in [9.17, 15) is 0 Å². The molecule has 0 fully saturated rings. The normalized spacial score (nSPS) is 10.9. The van der Waals surface area contributed by atoms with Crippen LogP contribution in [0.1, 0.15) is 11.4 Å². The molecule has 0 amide bonds. The monoisotopic (exact) mass is 352 g/mol. The van der Waals surface area contributed by atoms with Gasteiger partial charge in [0.05, 0.1) is 10.0 Å². The second-order valence-corrected chi connectivity index (χ2v) is 6.01. The highest BCUT2D eigenvalue weighted by Gasteiger charge is 2.12. The third-order valence-electron chi connectivity index (χ3n) is 3.14. The van der Waals surface area contributed by atoms with Gasteiger partial charge >= 0.3 is 0 Å². The average molecular weight is 354 g/mol. The first-order valence-corrected chi connectivity index (χ1v) is 7.57. The van der Waals surface area contributed by atoms with Crippen molar-refractivity contribution in [3.05, 3.63) is 62.9 Å². The number of aromatic amines is 1. The number of anilines is 1. The molecule has 2 aromatic carbocycles. The van der Waals surface area contributed by atoms with E-state index >= 15 is 0 Å². The fraction of sp³-hybridized carbons (Fsp3) is 0.0667. The number of nitrogens with zero attached hydrogens (tertiary/aromatic N) is 2. The van der Waals surface area contributed by atoms with Crippen LogP contribution in [0.4, 0.5) is 5.95 Å². The molecule has 7 heteroatoms. The summed E-state index contributed by atoms with van der Waals surface area (Å²) in [6.45, 7) is 0. The van der Waals surface area contributed by atoms with Crippen LogP contribution >= 0.6 is 34.8 Å². The molecule has 3 rings (SSSR count). The summed E-state index contributed by atoms with van der Waals surface area (Å²) in [5.41, 5.74) is 8.03. The Balaban J connectivity index is 1.98. The van der Waals surface area contributed by atoms with Gasteiger partial charge in [0.25, 0.3) is 0 Å². The number of halogens is 3. The summed E-state index contributed by atoms with van der Waals surface area (Å²) >= 11 is 18.8. The molecule has 4 nitrogen and oxygen atoms in total. The molecule has 1 heterocycles. The summed E-state index contributed by atoms with van der Waals surface area (Å²) < 4.78 is 0. The van der Waals surface area contributed by atoms with Crippen LogP contribution in [0.2, 0.25) is 15.1 Å². The van der Waals surface area contributed by atoms with Crippen LogP contribution in [0.5, 0.6) is 0 Å². The number of hydrogen-bond donors (Lipinski definition) is 2. The molecule has 0 atom stereocenters. The number of nitrogens with two attached hydrogens (primary N) is 1. The number of hydrogen-bond acceptors (Lipinski definition) is 3. The number of nitrogen functional groups attached to an aromatic ring is 1. The first kappa shape index (κ1) is 15.2. The second kappa shape index (κ2) is 6.16. The standard InChI is InChI=1S/C15H11Cl3N4/c16-10-3-1-2-9(7-10)14-11(17)4-8(5-12(14)18)6-13-20-15(19)22-21-13/h1-5,7H,6H2,(H3,19,20,21,22). The minimum atomic E-state index is 0.211. The minimum Gasteiger partial charge on any atom is -0.367 e. The van der Waals surface area contributed by atoms with Crippen LogP contribution in [-0.2, 0) is 6.42 Å². The molecule has 0 radical (unpaired) electrons. The van der Waals surface area contributed by atoms with Crippen LogP contribution in [0, 0.1) is 0 Å². The molecule has 112 valence electrons. The quantitative estimate of drug-likeness (QED) is 0.723. The first-order chi connectivity index (χ1) is 10.5. The maximum Gasteiger partial charge on any atom is 0.239 e. The van der Waals surface area contributed by atoms with Crippen molar-refractivity contribution in [2.75, 3.05) is 5.73 Å². The van der Waals surface area contributed by atoms with Gasteiger partial charge in [0.15, 0.2) is 0 Å². The van der Waals surface area contributed by atoms with E-state index < -0.39 is 0 Å². The Labute approximate surface area is 142 Å². The Kier molecular flexibility index (Phi) is 4.25. The van der Waals surface area contributed by atoms with Crippen molar-refractivity contribution in [1.29, 1.82) is 0 Å². The van der Waals surface area contributed by atoms with Crippen molar-refractivity contribution in [3.8, 4) is 11.1 Å². The van der Waals surface area contributed by atoms with Gasteiger partial charge in [-0.05, 0) is 35.4 Å². The molecule has 0 saturated carbocycles. The molecule has 22 heavy (non-hydrogen) atoms. The number of aromatic nitrogens is 3. The number of rotatable bonds is 3. The first-order valence-electron chi connectivity index (χ1n) is 6.43. The molecular weight excluding hydrogens is 343 g/mol. The molecule has 3 aromatic rings. The van der Waals surface area contributed by atoms with E-state index in [0.29, 0.717) is 27.3 Å². The predicted octanol–water partition coefficient (Wildman–Crippen LogP) is 4.60. The topological polar surface area (TPSA) is 67.6 Å². The Morgan fingerprint density at radius 3 is 2.36 bits per heavy atom. The van der Waals surface area contributed by atoms with E-state index in [4.69, 9.17) is 40.5 Å². The highest BCUT2D eigenvalue weighted by atomic mass is 35.5. The number of benzene rings is 2. The van der Waals surface area contributed by atoms with E-state index in [1.54, 1.807) is 6.07 Å². The Morgan fingerprint density at radius 1 is 1.05 bits per heavy atom. The van der Waals surface area contributed by atoms with Gasteiger partial charge < -0.3 is 5.73 Å². The molecule has 0 saturated heterocycles. The molecular formula is C15H11Cl3N4. The number of H-pyrrole nitrogens is 1. The lowest BCUT2D eigenvalue weighted by Gasteiger charge is -2.10. The van der Waals surface area contributed by atoms with Gasteiger partial charge in [-0.25, -0.2) is 0 Å². The third kappa shape index (κ3) is 3.19. The highest BCUT2D eigenvalue weighted by Crippen LogP contribution is 2.37. The predicted molar refractivity (Wildman–Crippen MR) is 90.5 cm³/mol. The van der Waals surface area contributed by atoms with Crippen LogP contribution in [0.25, 0.3) is 11.1 Å². The summed E-state index contributed by atoms with van der Waals surface area (Å²) in [5, 5.41) is 8.29. The van der Waals surface area contributed by atoms with Crippen LogP contribution in [0.15, 0.2) is 36.4 Å². The molecule has 0 spiro atoms. The van der Waals surface area contributed by atoms with Crippen molar-refractivity contribution >= 4 is 40.8 Å². The average Bonchev–Trinajstić information content (AvgIpc) is 2.83. The fourth-order valence-electron chi connectivity index (χ4n) is 2.23. The van der Waals surface area contributed by atoms with Gasteiger partial charge in [-0.15, -0.1) is 5.10 Å². The number of nitrogens with one attached hydrogen (secondary N) is 1. The van der Waals surface area contributed by atoms with Crippen molar-refractivity contribution < 1.29 is 0 Å². The Bertz CT molecular complexity index is 806. The molecule has 0 aliphatic heterocycles. The second-order valence-electron chi connectivity index (χ2n) is 4.76. The van der Waals surface area contributed by atoms with Crippen molar-refractivity contribution in [1.82, 2.24) is 15.2 Å². The molecule has 1 aromatic heterocycles. The van der Waals surface area contributed by atoms with Crippen molar-refractivity contribution in [2.24, 2.45) is 0 Å². The zero-order chi connectivity index (χ0) is 15.7. The smallest absolute Gasteiger partial charge is 0.239 e. The molecule has 3 N–H and O–H groups in total. The van der Waals surface area contributed by atoms with Crippen LogP contribution in [0.3, 0.4) is 0 Å². The minimum absolute atomic E-state index is 0.211. The van der Waals surface area contributed by atoms with E-state index in [1.165, 1.54) is 0 Å². The molecule has 0 aliphatic rings. The van der Waals surface area contributed by atoms with Gasteiger partial charge in [0, 0.05) is 17.0 Å². The van der Waals surface area contributed by atoms with Gasteiger partial charge in [-0.1, -0.05) is 46.9 Å². The summed E-state index contributed by atoms with van der Waals surface area (Å²) in [4.78, 5) is 4.06. The van der Waals surface area contributed by atoms with Gasteiger partial charge in [-0.2, -0.15) is 4.98 Å². The summed E-state index contributed by atoms with van der Waals surface area (Å²) in [7, 11) is 0. The lowest BCUT2D eigenvalue weighted by atomic mass is 10.0. The van der Waals surface area contributed by atoms with E-state index in [-0.39, 0.29) is 5.95 Å². The van der Waals surface area contributed by atoms with Gasteiger partial charge in [-0.3, -0.25) is 5.10 Å².